The van der Waals surface area contributed by atoms with E-state index in [9.17, 15) is 26.7 Å². The summed E-state index contributed by atoms with van der Waals surface area (Å²) < 4.78 is 64.0. The second kappa shape index (κ2) is 4.21. The maximum absolute atomic E-state index is 13.8. The van der Waals surface area contributed by atoms with Gasteiger partial charge in [0.15, 0.2) is 27.3 Å². The van der Waals surface area contributed by atoms with Crippen molar-refractivity contribution in [2.24, 2.45) is 0 Å². The lowest BCUT2D eigenvalue weighted by Crippen LogP contribution is -2.43. The molecule has 2 bridgehead atoms. The quantitative estimate of drug-likeness (QED) is 0.808. The Kier molecular flexibility index (Phi) is 2.92. The Balaban J connectivity index is 2.06. The number of halogens is 3. The molecule has 0 saturated carbocycles. The van der Waals surface area contributed by atoms with E-state index >= 15 is 0 Å². The van der Waals surface area contributed by atoms with Crippen molar-refractivity contribution in [3.05, 3.63) is 35.1 Å². The summed E-state index contributed by atoms with van der Waals surface area (Å²) in [7, 11) is -3.29. The van der Waals surface area contributed by atoms with E-state index in [0.717, 1.165) is 12.1 Å². The zero-order valence-corrected chi connectivity index (χ0v) is 11.3. The Hall–Kier alpha value is -1.08. The molecule has 1 N–H and O–H groups in total. The number of sulfone groups is 1. The molecule has 0 aliphatic carbocycles. The van der Waals surface area contributed by atoms with Gasteiger partial charge >= 0.3 is 0 Å². The summed E-state index contributed by atoms with van der Waals surface area (Å²) in [6.07, 6.45) is 0.489. The molecule has 1 aromatic rings. The van der Waals surface area contributed by atoms with Gasteiger partial charge in [-0.25, -0.2) is 21.6 Å². The summed E-state index contributed by atoms with van der Waals surface area (Å²) in [5.41, 5.74) is -2.11. The summed E-state index contributed by atoms with van der Waals surface area (Å²) in [6.45, 7) is 0. The summed E-state index contributed by atoms with van der Waals surface area (Å²) in [5, 5.41) is 9.08. The highest BCUT2D eigenvalue weighted by atomic mass is 32.2. The minimum absolute atomic E-state index is 0.173. The van der Waals surface area contributed by atoms with Gasteiger partial charge in [-0.1, -0.05) is 6.07 Å². The van der Waals surface area contributed by atoms with Crippen molar-refractivity contribution in [1.29, 1.82) is 0 Å². The summed E-state index contributed by atoms with van der Waals surface area (Å²) in [6, 6.07) is 1.74. The van der Waals surface area contributed by atoms with E-state index in [-0.39, 0.29) is 18.4 Å². The van der Waals surface area contributed by atoms with Gasteiger partial charge in [0.2, 0.25) is 0 Å². The number of aliphatic hydroxyl groups is 1. The highest BCUT2D eigenvalue weighted by Gasteiger charge is 2.54. The third-order valence-corrected chi connectivity index (χ3v) is 7.07. The molecule has 2 unspecified atom stereocenters. The van der Waals surface area contributed by atoms with E-state index in [0.29, 0.717) is 12.8 Å². The normalized spacial score (nSPS) is 35.2. The molecule has 3 rings (SSSR count). The fourth-order valence-corrected chi connectivity index (χ4v) is 5.84. The van der Waals surface area contributed by atoms with E-state index < -0.39 is 43.4 Å². The molecule has 2 heterocycles. The zero-order chi connectivity index (χ0) is 14.7. The molecule has 2 aliphatic heterocycles. The van der Waals surface area contributed by atoms with Crippen LogP contribution in [0.2, 0.25) is 0 Å². The van der Waals surface area contributed by atoms with Crippen molar-refractivity contribution in [2.75, 3.05) is 0 Å². The van der Waals surface area contributed by atoms with Crippen LogP contribution < -0.4 is 0 Å². The van der Waals surface area contributed by atoms with E-state index in [1.54, 1.807) is 0 Å². The first-order valence-electron chi connectivity index (χ1n) is 6.35. The number of benzene rings is 1. The van der Waals surface area contributed by atoms with Crippen molar-refractivity contribution in [3.8, 4) is 0 Å². The fourth-order valence-electron chi connectivity index (χ4n) is 3.35. The van der Waals surface area contributed by atoms with Crippen molar-refractivity contribution >= 4 is 9.84 Å². The van der Waals surface area contributed by atoms with Crippen molar-refractivity contribution in [2.45, 2.75) is 41.8 Å². The SMILES string of the molecule is O=S1(=O)C2CCC1CC(O)(c1ccc(F)c(F)c1F)C2. The van der Waals surface area contributed by atoms with Crippen LogP contribution in [0.25, 0.3) is 0 Å². The lowest BCUT2D eigenvalue weighted by molar-refractivity contribution is 0.0132. The Morgan fingerprint density at radius 1 is 1.05 bits per heavy atom. The lowest BCUT2D eigenvalue weighted by atomic mass is 9.85. The van der Waals surface area contributed by atoms with Crippen LogP contribution in [0.1, 0.15) is 31.2 Å². The predicted molar refractivity (Wildman–Crippen MR) is 65.2 cm³/mol. The first-order chi connectivity index (χ1) is 9.25. The van der Waals surface area contributed by atoms with Crippen LogP contribution in [-0.2, 0) is 15.4 Å². The van der Waals surface area contributed by atoms with Crippen LogP contribution >= 0.6 is 0 Å². The van der Waals surface area contributed by atoms with Gasteiger partial charge in [-0.05, 0) is 31.7 Å². The summed E-state index contributed by atoms with van der Waals surface area (Å²) >= 11 is 0. The minimum atomic E-state index is -3.29. The maximum atomic E-state index is 13.8. The van der Waals surface area contributed by atoms with Crippen LogP contribution in [0.5, 0.6) is 0 Å². The molecule has 1 aromatic carbocycles. The van der Waals surface area contributed by atoms with Crippen LogP contribution in [-0.4, -0.2) is 24.0 Å². The predicted octanol–water partition coefficient (Wildman–Crippen LogP) is 2.03. The number of rotatable bonds is 1. The molecule has 0 amide bonds. The van der Waals surface area contributed by atoms with Gasteiger partial charge in [0, 0.05) is 5.56 Å². The second-order valence-corrected chi connectivity index (χ2v) is 8.08. The van der Waals surface area contributed by atoms with Crippen LogP contribution in [0.3, 0.4) is 0 Å². The molecule has 0 spiro atoms. The van der Waals surface area contributed by atoms with Gasteiger partial charge in [-0.3, -0.25) is 0 Å². The van der Waals surface area contributed by atoms with E-state index in [1.165, 1.54) is 0 Å². The third-order valence-electron chi connectivity index (χ3n) is 4.41. The molecule has 2 saturated heterocycles. The van der Waals surface area contributed by atoms with Crippen LogP contribution in [0, 0.1) is 17.5 Å². The molecular weight excluding hydrogens is 293 g/mol. The maximum Gasteiger partial charge on any atom is 0.194 e. The Labute approximate surface area is 114 Å². The van der Waals surface area contributed by atoms with Gasteiger partial charge in [0.1, 0.15) is 0 Å². The standard InChI is InChI=1S/C13H13F3O3S/c14-10-4-3-9(11(15)12(10)16)13(17)5-7-1-2-8(6-13)20(7,18)19/h3-4,7-8,17H,1-2,5-6H2. The molecule has 0 aromatic heterocycles. The van der Waals surface area contributed by atoms with Crippen molar-refractivity contribution < 1.29 is 26.7 Å². The fraction of sp³-hybridized carbons (Fsp3) is 0.538. The van der Waals surface area contributed by atoms with Crippen molar-refractivity contribution in [3.63, 3.8) is 0 Å². The molecule has 20 heavy (non-hydrogen) atoms. The van der Waals surface area contributed by atoms with Crippen LogP contribution in [0.15, 0.2) is 12.1 Å². The zero-order valence-electron chi connectivity index (χ0n) is 10.4. The van der Waals surface area contributed by atoms with Gasteiger partial charge in [-0.2, -0.15) is 0 Å². The van der Waals surface area contributed by atoms with Gasteiger partial charge < -0.3 is 5.11 Å². The van der Waals surface area contributed by atoms with E-state index in [1.807, 2.05) is 0 Å². The number of hydrogen-bond donors (Lipinski definition) is 1. The van der Waals surface area contributed by atoms with E-state index in [2.05, 4.69) is 0 Å². The summed E-state index contributed by atoms with van der Waals surface area (Å²) in [5.74, 6) is -4.41. The average molecular weight is 306 g/mol. The highest BCUT2D eigenvalue weighted by molar-refractivity contribution is 7.93. The Bertz CT molecular complexity index is 652. The monoisotopic (exact) mass is 306 g/mol. The molecule has 2 fully saturated rings. The van der Waals surface area contributed by atoms with Gasteiger partial charge in [0.25, 0.3) is 0 Å². The molecule has 0 radical (unpaired) electrons. The third kappa shape index (κ3) is 1.79. The van der Waals surface area contributed by atoms with Gasteiger partial charge in [-0.15, -0.1) is 0 Å². The topological polar surface area (TPSA) is 54.4 Å². The molecular formula is C13H13F3O3S. The highest BCUT2D eigenvalue weighted by Crippen LogP contribution is 2.48. The first-order valence-corrected chi connectivity index (χ1v) is 7.96. The summed E-state index contributed by atoms with van der Waals surface area (Å²) in [4.78, 5) is 0. The first kappa shape index (κ1) is 13.9. The average Bonchev–Trinajstić information content (AvgIpc) is 2.55. The number of hydrogen-bond acceptors (Lipinski definition) is 3. The molecule has 3 nitrogen and oxygen atoms in total. The Morgan fingerprint density at radius 2 is 1.60 bits per heavy atom. The van der Waals surface area contributed by atoms with Crippen molar-refractivity contribution in [1.82, 2.24) is 0 Å². The Morgan fingerprint density at radius 3 is 2.15 bits per heavy atom. The second-order valence-electron chi connectivity index (χ2n) is 5.57. The molecule has 7 heteroatoms. The molecule has 110 valence electrons. The number of fused-ring (bicyclic) bond motifs is 2. The van der Waals surface area contributed by atoms with E-state index in [4.69, 9.17) is 0 Å². The van der Waals surface area contributed by atoms with Gasteiger partial charge in [0.05, 0.1) is 16.1 Å². The lowest BCUT2D eigenvalue weighted by Gasteiger charge is -2.36. The van der Waals surface area contributed by atoms with Crippen LogP contribution in [0.4, 0.5) is 13.2 Å². The largest absolute Gasteiger partial charge is 0.385 e. The molecule has 2 atom stereocenters. The minimum Gasteiger partial charge on any atom is -0.385 e. The molecule has 2 aliphatic rings. The smallest absolute Gasteiger partial charge is 0.194 e.